The molecule has 2 bridgehead atoms. The largest absolute Gasteiger partial charge is 0.316 e. The van der Waals surface area contributed by atoms with Crippen molar-refractivity contribution in [3.63, 3.8) is 0 Å². The first-order valence-electron chi connectivity index (χ1n) is 6.85. The van der Waals surface area contributed by atoms with Crippen LogP contribution in [0.15, 0.2) is 24.3 Å². The number of rotatable bonds is 2. The molecule has 5 rings (SSSR count). The average Bonchev–Trinajstić information content (AvgIpc) is 2.64. The molecule has 1 saturated carbocycles. The van der Waals surface area contributed by atoms with Gasteiger partial charge in [0, 0.05) is 18.5 Å². The lowest BCUT2D eigenvalue weighted by Crippen LogP contribution is -2.59. The van der Waals surface area contributed by atoms with E-state index in [9.17, 15) is 9.59 Å². The molecule has 3 heterocycles. The van der Waals surface area contributed by atoms with Crippen LogP contribution in [-0.4, -0.2) is 36.3 Å². The van der Waals surface area contributed by atoms with E-state index < -0.39 is 0 Å². The second kappa shape index (κ2) is 3.67. The number of benzene rings is 1. The molecule has 19 heavy (non-hydrogen) atoms. The van der Waals surface area contributed by atoms with Gasteiger partial charge in [-0.25, -0.2) is 0 Å². The molecular formula is C15H16N2O2. The third kappa shape index (κ3) is 1.49. The van der Waals surface area contributed by atoms with E-state index in [1.54, 1.807) is 12.1 Å². The van der Waals surface area contributed by atoms with Crippen molar-refractivity contribution in [1.29, 1.82) is 0 Å². The molecule has 2 amide bonds. The van der Waals surface area contributed by atoms with Gasteiger partial charge in [0.15, 0.2) is 0 Å². The smallest absolute Gasteiger partial charge is 0.261 e. The maximum absolute atomic E-state index is 12.3. The van der Waals surface area contributed by atoms with Gasteiger partial charge in [-0.15, -0.1) is 0 Å². The van der Waals surface area contributed by atoms with E-state index in [1.165, 1.54) is 4.90 Å². The minimum absolute atomic E-state index is 0.121. The Morgan fingerprint density at radius 1 is 1.16 bits per heavy atom. The summed E-state index contributed by atoms with van der Waals surface area (Å²) in [5, 5.41) is 3.40. The van der Waals surface area contributed by atoms with E-state index in [0.29, 0.717) is 17.7 Å². The Balaban J connectivity index is 1.61. The van der Waals surface area contributed by atoms with Crippen molar-refractivity contribution in [3.8, 4) is 0 Å². The van der Waals surface area contributed by atoms with Gasteiger partial charge in [-0.3, -0.25) is 14.5 Å². The van der Waals surface area contributed by atoms with Gasteiger partial charge in [-0.1, -0.05) is 12.1 Å². The molecule has 1 aliphatic carbocycles. The summed E-state index contributed by atoms with van der Waals surface area (Å²) in [6.45, 7) is 2.59. The van der Waals surface area contributed by atoms with Gasteiger partial charge >= 0.3 is 0 Å². The third-order valence-electron chi connectivity index (χ3n) is 4.75. The summed E-state index contributed by atoms with van der Waals surface area (Å²) in [5.41, 5.74) is 1.25. The van der Waals surface area contributed by atoms with E-state index in [-0.39, 0.29) is 17.2 Å². The molecule has 1 aromatic carbocycles. The zero-order valence-electron chi connectivity index (χ0n) is 10.7. The number of carbonyl (C=O) groups excluding carboxylic acids is 2. The molecule has 3 fully saturated rings. The average molecular weight is 256 g/mol. The minimum Gasteiger partial charge on any atom is -0.316 e. The van der Waals surface area contributed by atoms with Crippen molar-refractivity contribution in [2.45, 2.75) is 12.8 Å². The van der Waals surface area contributed by atoms with Gasteiger partial charge in [0.05, 0.1) is 11.1 Å². The predicted octanol–water partition coefficient (Wildman–Crippen LogP) is 1.28. The highest BCUT2D eigenvalue weighted by Gasteiger charge is 2.50. The fourth-order valence-electron chi connectivity index (χ4n) is 3.90. The Morgan fingerprint density at radius 2 is 1.79 bits per heavy atom. The first-order chi connectivity index (χ1) is 9.19. The molecule has 1 aromatic rings. The van der Waals surface area contributed by atoms with Crippen LogP contribution >= 0.6 is 0 Å². The van der Waals surface area contributed by atoms with Gasteiger partial charge in [-0.2, -0.15) is 0 Å². The van der Waals surface area contributed by atoms with Crippen LogP contribution in [0.1, 0.15) is 33.6 Å². The zero-order chi connectivity index (χ0) is 13.0. The lowest BCUT2D eigenvalue weighted by Gasteiger charge is -2.53. The topological polar surface area (TPSA) is 49.4 Å². The maximum atomic E-state index is 12.3. The second-order valence-corrected chi connectivity index (χ2v) is 6.15. The number of piperidine rings is 2. The van der Waals surface area contributed by atoms with E-state index in [4.69, 9.17) is 0 Å². The first kappa shape index (κ1) is 11.2. The normalized spacial score (nSPS) is 32.2. The molecule has 3 aliphatic heterocycles. The van der Waals surface area contributed by atoms with Crippen LogP contribution < -0.4 is 5.32 Å². The predicted molar refractivity (Wildman–Crippen MR) is 69.8 cm³/mol. The summed E-state index contributed by atoms with van der Waals surface area (Å²) in [6.07, 6.45) is 2.29. The highest BCUT2D eigenvalue weighted by Crippen LogP contribution is 2.48. The van der Waals surface area contributed by atoms with Crippen molar-refractivity contribution in [2.24, 2.45) is 11.3 Å². The van der Waals surface area contributed by atoms with Crippen LogP contribution in [0.3, 0.4) is 0 Å². The maximum Gasteiger partial charge on any atom is 0.261 e. The summed E-state index contributed by atoms with van der Waals surface area (Å²) < 4.78 is 0. The van der Waals surface area contributed by atoms with Crippen molar-refractivity contribution in [3.05, 3.63) is 35.4 Å². The van der Waals surface area contributed by atoms with Crippen LogP contribution in [0.25, 0.3) is 0 Å². The second-order valence-electron chi connectivity index (χ2n) is 6.15. The highest BCUT2D eigenvalue weighted by atomic mass is 16.2. The highest BCUT2D eigenvalue weighted by molar-refractivity contribution is 6.21. The van der Waals surface area contributed by atoms with Crippen LogP contribution in [0.2, 0.25) is 0 Å². The SMILES string of the molecule is O=C1c2ccccc2C(=O)N1CC12CNCC(C1)C2. The summed E-state index contributed by atoms with van der Waals surface area (Å²) >= 11 is 0. The minimum atomic E-state index is -0.121. The summed E-state index contributed by atoms with van der Waals surface area (Å²) in [6, 6.07) is 7.12. The summed E-state index contributed by atoms with van der Waals surface area (Å²) in [4.78, 5) is 26.1. The van der Waals surface area contributed by atoms with E-state index >= 15 is 0 Å². The van der Waals surface area contributed by atoms with Crippen molar-refractivity contribution in [1.82, 2.24) is 10.2 Å². The summed E-state index contributed by atoms with van der Waals surface area (Å²) in [5.74, 6) is 0.497. The lowest BCUT2D eigenvalue weighted by molar-refractivity contribution is -0.00959. The quantitative estimate of drug-likeness (QED) is 0.811. The Labute approximate surface area is 111 Å². The molecule has 0 spiro atoms. The van der Waals surface area contributed by atoms with Gasteiger partial charge in [0.2, 0.25) is 0 Å². The molecule has 0 atom stereocenters. The van der Waals surface area contributed by atoms with Crippen LogP contribution in [0, 0.1) is 11.3 Å². The lowest BCUT2D eigenvalue weighted by atomic mass is 9.59. The molecule has 4 aliphatic rings. The molecule has 2 saturated heterocycles. The van der Waals surface area contributed by atoms with Crippen molar-refractivity contribution in [2.75, 3.05) is 19.6 Å². The fraction of sp³-hybridized carbons (Fsp3) is 0.467. The van der Waals surface area contributed by atoms with Gasteiger partial charge < -0.3 is 5.32 Å². The molecular weight excluding hydrogens is 240 g/mol. The zero-order valence-corrected chi connectivity index (χ0v) is 10.7. The molecule has 1 N–H and O–H groups in total. The fourth-order valence-corrected chi connectivity index (χ4v) is 3.90. The van der Waals surface area contributed by atoms with E-state index in [2.05, 4.69) is 5.32 Å². The van der Waals surface area contributed by atoms with Crippen LogP contribution in [-0.2, 0) is 0 Å². The van der Waals surface area contributed by atoms with Crippen molar-refractivity contribution < 1.29 is 9.59 Å². The number of carbonyl (C=O) groups is 2. The van der Waals surface area contributed by atoms with Crippen LogP contribution in [0.5, 0.6) is 0 Å². The number of hydrogen-bond donors (Lipinski definition) is 1. The standard InChI is InChI=1S/C15H16N2O2/c18-13-11-3-1-2-4-12(11)14(19)17(13)9-15-5-10(6-15)7-16-8-15/h1-4,10,16H,5-9H2. The molecule has 4 heteroatoms. The van der Waals surface area contributed by atoms with Gasteiger partial charge in [0.1, 0.15) is 0 Å². The number of fused-ring (bicyclic) bond motifs is 3. The molecule has 0 unspecified atom stereocenters. The van der Waals surface area contributed by atoms with Gasteiger partial charge in [-0.05, 0) is 37.4 Å². The summed E-state index contributed by atoms with van der Waals surface area (Å²) in [7, 11) is 0. The Morgan fingerprint density at radius 3 is 2.32 bits per heavy atom. The van der Waals surface area contributed by atoms with Crippen molar-refractivity contribution >= 4 is 11.8 Å². The third-order valence-corrected chi connectivity index (χ3v) is 4.75. The number of imide groups is 1. The Hall–Kier alpha value is -1.68. The Kier molecular flexibility index (Phi) is 2.16. The van der Waals surface area contributed by atoms with Crippen LogP contribution in [0.4, 0.5) is 0 Å². The molecule has 0 aromatic heterocycles. The van der Waals surface area contributed by atoms with E-state index in [0.717, 1.165) is 31.8 Å². The monoisotopic (exact) mass is 256 g/mol. The number of amides is 2. The number of hydrogen-bond acceptors (Lipinski definition) is 3. The molecule has 4 nitrogen and oxygen atoms in total. The number of nitrogens with one attached hydrogen (secondary N) is 1. The first-order valence-corrected chi connectivity index (χ1v) is 6.85. The molecule has 98 valence electrons. The number of nitrogens with zero attached hydrogens (tertiary/aromatic N) is 1. The van der Waals surface area contributed by atoms with E-state index in [1.807, 2.05) is 12.1 Å². The van der Waals surface area contributed by atoms with Gasteiger partial charge in [0.25, 0.3) is 11.8 Å². The molecule has 0 radical (unpaired) electrons. The Bertz CT molecular complexity index is 535.